The molecule has 2 unspecified atom stereocenters. The minimum Gasteiger partial charge on any atom is -0.382 e. The Kier molecular flexibility index (Phi) is 4.36. The third kappa shape index (κ3) is 2.97. The molecule has 1 heterocycles. The zero-order chi connectivity index (χ0) is 12.3. The molecule has 0 aliphatic carbocycles. The van der Waals surface area contributed by atoms with Gasteiger partial charge >= 0.3 is 0 Å². The molecule has 1 aromatic carbocycles. The lowest BCUT2D eigenvalue weighted by Gasteiger charge is -2.20. The Labute approximate surface area is 114 Å². The van der Waals surface area contributed by atoms with Crippen LogP contribution in [0.2, 0.25) is 0 Å². The highest BCUT2D eigenvalue weighted by Crippen LogP contribution is 2.24. The van der Waals surface area contributed by atoms with Crippen LogP contribution >= 0.6 is 22.6 Å². The number of aldehydes is 1. The number of carbonyl (C=O) groups is 1. The van der Waals surface area contributed by atoms with Gasteiger partial charge in [-0.2, -0.15) is 0 Å². The number of anilines is 1. The molecule has 1 aliphatic heterocycles. The Morgan fingerprint density at radius 3 is 2.82 bits per heavy atom. The van der Waals surface area contributed by atoms with Gasteiger partial charge in [-0.1, -0.05) is 0 Å². The van der Waals surface area contributed by atoms with Crippen molar-refractivity contribution in [3.05, 3.63) is 27.8 Å². The van der Waals surface area contributed by atoms with Crippen LogP contribution in [-0.4, -0.2) is 38.9 Å². The quantitative estimate of drug-likeness (QED) is 0.614. The fourth-order valence-corrected chi connectivity index (χ4v) is 2.26. The van der Waals surface area contributed by atoms with E-state index in [1.165, 1.54) is 3.57 Å². The summed E-state index contributed by atoms with van der Waals surface area (Å²) >= 11 is 2.25. The summed E-state index contributed by atoms with van der Waals surface area (Å²) in [6, 6.07) is 8.02. The van der Waals surface area contributed by atoms with Gasteiger partial charge in [0.25, 0.3) is 0 Å². The normalized spacial score (nSPS) is 24.0. The molecule has 1 fully saturated rings. The summed E-state index contributed by atoms with van der Waals surface area (Å²) in [7, 11) is 1.63. The summed E-state index contributed by atoms with van der Waals surface area (Å²) in [5.74, 6) is 0. The maximum atomic E-state index is 11.0. The van der Waals surface area contributed by atoms with E-state index in [9.17, 15) is 4.79 Å². The van der Waals surface area contributed by atoms with E-state index in [1.807, 2.05) is 29.2 Å². The SMILES string of the molecule is COCC1CN(c2ccc(I)cc2)C(C=O)O1. The Morgan fingerprint density at radius 1 is 1.53 bits per heavy atom. The number of hydrogen-bond acceptors (Lipinski definition) is 4. The first kappa shape index (κ1) is 12.8. The Balaban J connectivity index is 2.13. The van der Waals surface area contributed by atoms with Gasteiger partial charge < -0.3 is 14.4 Å². The molecule has 0 bridgehead atoms. The van der Waals surface area contributed by atoms with Gasteiger partial charge in [-0.25, -0.2) is 0 Å². The van der Waals surface area contributed by atoms with Crippen molar-refractivity contribution in [2.24, 2.45) is 0 Å². The molecule has 0 radical (unpaired) electrons. The molecule has 2 atom stereocenters. The summed E-state index contributed by atoms with van der Waals surface area (Å²) < 4.78 is 11.8. The van der Waals surface area contributed by atoms with Gasteiger partial charge in [0.15, 0.2) is 12.5 Å². The van der Waals surface area contributed by atoms with Crippen LogP contribution in [0.5, 0.6) is 0 Å². The van der Waals surface area contributed by atoms with Crippen molar-refractivity contribution in [1.29, 1.82) is 0 Å². The number of methoxy groups -OCH3 is 1. The highest BCUT2D eigenvalue weighted by molar-refractivity contribution is 14.1. The largest absolute Gasteiger partial charge is 0.382 e. The number of halogens is 1. The lowest BCUT2D eigenvalue weighted by Crippen LogP contribution is -2.31. The zero-order valence-corrected chi connectivity index (χ0v) is 11.7. The highest BCUT2D eigenvalue weighted by Gasteiger charge is 2.32. The molecule has 0 spiro atoms. The predicted molar refractivity (Wildman–Crippen MR) is 73.1 cm³/mol. The van der Waals surface area contributed by atoms with Crippen molar-refractivity contribution in [1.82, 2.24) is 0 Å². The highest BCUT2D eigenvalue weighted by atomic mass is 127. The van der Waals surface area contributed by atoms with Gasteiger partial charge in [0.1, 0.15) is 6.10 Å². The Hall–Kier alpha value is -0.660. The van der Waals surface area contributed by atoms with Crippen molar-refractivity contribution in [3.63, 3.8) is 0 Å². The van der Waals surface area contributed by atoms with Crippen molar-refractivity contribution in [2.75, 3.05) is 25.2 Å². The topological polar surface area (TPSA) is 38.8 Å². The third-order valence-electron chi connectivity index (χ3n) is 2.67. The summed E-state index contributed by atoms with van der Waals surface area (Å²) in [5, 5.41) is 0. The van der Waals surface area contributed by atoms with E-state index in [4.69, 9.17) is 9.47 Å². The van der Waals surface area contributed by atoms with Gasteiger partial charge in [-0.3, -0.25) is 4.79 Å². The molecular weight excluding hydrogens is 333 g/mol. The van der Waals surface area contributed by atoms with Gasteiger partial charge in [0.2, 0.25) is 0 Å². The van der Waals surface area contributed by atoms with Crippen molar-refractivity contribution >= 4 is 34.6 Å². The van der Waals surface area contributed by atoms with E-state index in [1.54, 1.807) is 7.11 Å². The van der Waals surface area contributed by atoms with E-state index in [2.05, 4.69) is 22.6 Å². The molecule has 0 aromatic heterocycles. The van der Waals surface area contributed by atoms with Crippen LogP contribution in [-0.2, 0) is 14.3 Å². The summed E-state index contributed by atoms with van der Waals surface area (Å²) in [6.07, 6.45) is 0.276. The maximum Gasteiger partial charge on any atom is 0.187 e. The fraction of sp³-hybridized carbons (Fsp3) is 0.417. The van der Waals surface area contributed by atoms with E-state index in [0.29, 0.717) is 13.2 Å². The first-order valence-corrected chi connectivity index (χ1v) is 6.44. The van der Waals surface area contributed by atoms with Gasteiger partial charge in [0.05, 0.1) is 6.61 Å². The first-order valence-electron chi connectivity index (χ1n) is 5.36. The molecule has 5 heteroatoms. The molecule has 17 heavy (non-hydrogen) atoms. The molecule has 92 valence electrons. The predicted octanol–water partition coefficient (Wildman–Crippen LogP) is 1.67. The van der Waals surface area contributed by atoms with Crippen LogP contribution in [0.25, 0.3) is 0 Å². The van der Waals surface area contributed by atoms with Gasteiger partial charge in [-0.15, -0.1) is 0 Å². The second-order valence-electron chi connectivity index (χ2n) is 3.87. The Bertz CT molecular complexity index is 382. The minimum atomic E-state index is -0.504. The second kappa shape index (κ2) is 5.79. The standard InChI is InChI=1S/C12H14INO3/c1-16-8-11-6-14(12(7-15)17-11)10-4-2-9(13)3-5-10/h2-5,7,11-12H,6,8H2,1H3. The van der Waals surface area contributed by atoms with Gasteiger partial charge in [0, 0.05) is 22.9 Å². The Morgan fingerprint density at radius 2 is 2.24 bits per heavy atom. The molecule has 1 aliphatic rings. The smallest absolute Gasteiger partial charge is 0.187 e. The molecule has 0 saturated carbocycles. The van der Waals surface area contributed by atoms with Crippen LogP contribution in [0, 0.1) is 3.57 Å². The van der Waals surface area contributed by atoms with E-state index < -0.39 is 6.23 Å². The number of carbonyl (C=O) groups excluding carboxylic acids is 1. The lowest BCUT2D eigenvalue weighted by molar-refractivity contribution is -0.118. The average molecular weight is 347 g/mol. The number of rotatable bonds is 4. The van der Waals surface area contributed by atoms with Crippen molar-refractivity contribution < 1.29 is 14.3 Å². The van der Waals surface area contributed by atoms with Crippen LogP contribution in [0.3, 0.4) is 0 Å². The van der Waals surface area contributed by atoms with Gasteiger partial charge in [-0.05, 0) is 46.9 Å². The summed E-state index contributed by atoms with van der Waals surface area (Å²) in [6.45, 7) is 1.18. The molecule has 2 rings (SSSR count). The van der Waals surface area contributed by atoms with Crippen molar-refractivity contribution in [3.8, 4) is 0 Å². The molecule has 1 aromatic rings. The molecule has 4 nitrogen and oxygen atoms in total. The summed E-state index contributed by atoms with van der Waals surface area (Å²) in [5.41, 5.74) is 1.00. The third-order valence-corrected chi connectivity index (χ3v) is 3.39. The zero-order valence-electron chi connectivity index (χ0n) is 9.51. The van der Waals surface area contributed by atoms with Crippen LogP contribution in [0.1, 0.15) is 0 Å². The van der Waals surface area contributed by atoms with Crippen LogP contribution in [0.4, 0.5) is 5.69 Å². The minimum absolute atomic E-state index is 0.0468. The monoisotopic (exact) mass is 347 g/mol. The van der Waals surface area contributed by atoms with Crippen LogP contribution < -0.4 is 4.90 Å². The number of nitrogens with zero attached hydrogens (tertiary/aromatic N) is 1. The van der Waals surface area contributed by atoms with Crippen molar-refractivity contribution in [2.45, 2.75) is 12.3 Å². The van der Waals surface area contributed by atoms with E-state index in [-0.39, 0.29) is 6.10 Å². The number of hydrogen-bond donors (Lipinski definition) is 0. The fourth-order valence-electron chi connectivity index (χ4n) is 1.91. The van der Waals surface area contributed by atoms with E-state index in [0.717, 1.165) is 12.0 Å². The van der Waals surface area contributed by atoms with E-state index >= 15 is 0 Å². The molecular formula is C12H14INO3. The summed E-state index contributed by atoms with van der Waals surface area (Å²) in [4.78, 5) is 12.9. The van der Waals surface area contributed by atoms with Crippen LogP contribution in [0.15, 0.2) is 24.3 Å². The molecule has 0 N–H and O–H groups in total. The maximum absolute atomic E-state index is 11.0. The molecule has 0 amide bonds. The second-order valence-corrected chi connectivity index (χ2v) is 5.11. The number of ether oxygens (including phenoxy) is 2. The lowest BCUT2D eigenvalue weighted by atomic mass is 10.2. The molecule has 1 saturated heterocycles. The average Bonchev–Trinajstić information content (AvgIpc) is 2.74. The first-order chi connectivity index (χ1) is 8.24. The number of benzene rings is 1.